The van der Waals surface area contributed by atoms with Crippen LogP contribution in [0.1, 0.15) is 38.8 Å². The molecule has 0 aliphatic heterocycles. The fraction of sp³-hybridized carbons (Fsp3) is 0.296. The second kappa shape index (κ2) is 11.7. The molecule has 0 radical (unpaired) electrons. The molecule has 1 amide bonds. The molecule has 0 bridgehead atoms. The van der Waals surface area contributed by atoms with Crippen molar-refractivity contribution in [1.82, 2.24) is 5.32 Å². The fourth-order valence-electron chi connectivity index (χ4n) is 3.72. The largest absolute Gasteiger partial charge is 0.494 e. The third-order valence-electron chi connectivity index (χ3n) is 5.30. The smallest absolute Gasteiger partial charge is 0.264 e. The Labute approximate surface area is 202 Å². The summed E-state index contributed by atoms with van der Waals surface area (Å²) >= 11 is 0. The van der Waals surface area contributed by atoms with E-state index in [1.165, 1.54) is 12.1 Å². The molecule has 0 saturated carbocycles. The van der Waals surface area contributed by atoms with Crippen LogP contribution in [0.15, 0.2) is 89.8 Å². The van der Waals surface area contributed by atoms with Crippen molar-refractivity contribution in [3.8, 4) is 5.75 Å². The quantitative estimate of drug-likeness (QED) is 0.410. The molecule has 0 heterocycles. The maximum Gasteiger partial charge on any atom is 0.264 e. The molecule has 0 fully saturated rings. The molecule has 3 rings (SSSR count). The molecule has 0 aliphatic carbocycles. The van der Waals surface area contributed by atoms with Gasteiger partial charge in [-0.15, -0.1) is 0 Å². The molecular formula is C27H32N2O4S. The average molecular weight is 481 g/mol. The first-order valence-corrected chi connectivity index (χ1v) is 12.9. The zero-order chi connectivity index (χ0) is 24.6. The highest BCUT2D eigenvalue weighted by atomic mass is 32.2. The van der Waals surface area contributed by atoms with Gasteiger partial charge in [0.1, 0.15) is 12.3 Å². The van der Waals surface area contributed by atoms with Gasteiger partial charge in [0, 0.05) is 0 Å². The highest BCUT2D eigenvalue weighted by molar-refractivity contribution is 7.92. The summed E-state index contributed by atoms with van der Waals surface area (Å²) in [6, 6.07) is 24.4. The Bertz CT molecular complexity index is 1150. The lowest BCUT2D eigenvalue weighted by Gasteiger charge is -2.26. The summed E-state index contributed by atoms with van der Waals surface area (Å²) in [7, 11) is -3.97. The van der Waals surface area contributed by atoms with E-state index in [0.717, 1.165) is 16.3 Å². The van der Waals surface area contributed by atoms with Crippen LogP contribution in [0.25, 0.3) is 0 Å². The zero-order valence-corrected chi connectivity index (χ0v) is 20.7. The van der Waals surface area contributed by atoms with E-state index in [-0.39, 0.29) is 23.4 Å². The van der Waals surface area contributed by atoms with Gasteiger partial charge in [0.25, 0.3) is 10.0 Å². The van der Waals surface area contributed by atoms with E-state index in [2.05, 4.69) is 19.2 Å². The number of hydrogen-bond acceptors (Lipinski definition) is 4. The SMILES string of the molecule is CCOc1ccc(N(CC(=O)N[C@@H](CC(C)C)c2ccccc2)S(=O)(=O)c2ccccc2)cc1. The molecule has 180 valence electrons. The Morgan fingerprint density at radius 3 is 2.06 bits per heavy atom. The molecule has 6 nitrogen and oxygen atoms in total. The van der Waals surface area contributed by atoms with Gasteiger partial charge in [0.15, 0.2) is 0 Å². The highest BCUT2D eigenvalue weighted by Gasteiger charge is 2.28. The van der Waals surface area contributed by atoms with Crippen LogP contribution in [0.3, 0.4) is 0 Å². The van der Waals surface area contributed by atoms with Gasteiger partial charge >= 0.3 is 0 Å². The van der Waals surface area contributed by atoms with Crippen molar-refractivity contribution < 1.29 is 17.9 Å². The summed E-state index contributed by atoms with van der Waals surface area (Å²) < 4.78 is 33.7. The third kappa shape index (κ3) is 6.60. The zero-order valence-electron chi connectivity index (χ0n) is 19.8. The monoisotopic (exact) mass is 480 g/mol. The average Bonchev–Trinajstić information content (AvgIpc) is 2.84. The predicted octanol–water partition coefficient (Wildman–Crippen LogP) is 5.18. The number of nitrogens with one attached hydrogen (secondary N) is 1. The molecule has 1 atom stereocenters. The molecule has 0 unspecified atom stereocenters. The third-order valence-corrected chi connectivity index (χ3v) is 7.09. The maximum absolute atomic E-state index is 13.5. The van der Waals surface area contributed by atoms with Gasteiger partial charge in [-0.1, -0.05) is 62.4 Å². The van der Waals surface area contributed by atoms with Gasteiger partial charge in [-0.25, -0.2) is 8.42 Å². The van der Waals surface area contributed by atoms with Crippen molar-refractivity contribution in [2.24, 2.45) is 5.92 Å². The van der Waals surface area contributed by atoms with Crippen molar-refractivity contribution in [1.29, 1.82) is 0 Å². The molecule has 0 saturated heterocycles. The van der Waals surface area contributed by atoms with Crippen LogP contribution in [-0.4, -0.2) is 27.5 Å². The lowest BCUT2D eigenvalue weighted by atomic mass is 9.97. The standard InChI is InChI=1S/C27H32N2O4S/c1-4-33-24-17-15-23(16-18-24)29(34(31,32)25-13-9-6-10-14-25)20-27(30)28-26(19-21(2)3)22-11-7-5-8-12-22/h5-18,21,26H,4,19-20H2,1-3H3,(H,28,30)/t26-/m0/s1. The lowest BCUT2D eigenvalue weighted by Crippen LogP contribution is -2.42. The summed E-state index contributed by atoms with van der Waals surface area (Å²) in [4.78, 5) is 13.3. The number of carbonyl (C=O) groups excluding carboxylic acids is 1. The molecule has 7 heteroatoms. The van der Waals surface area contributed by atoms with Crippen LogP contribution in [0.4, 0.5) is 5.69 Å². The maximum atomic E-state index is 13.5. The molecule has 0 aromatic heterocycles. The summed E-state index contributed by atoms with van der Waals surface area (Å²) in [6.07, 6.45) is 0.740. The molecule has 0 aliphatic rings. The number of amides is 1. The number of ether oxygens (including phenoxy) is 1. The van der Waals surface area contributed by atoms with Crippen LogP contribution in [0, 0.1) is 5.92 Å². The Kier molecular flexibility index (Phi) is 8.71. The second-order valence-corrected chi connectivity index (χ2v) is 10.3. The molecule has 3 aromatic rings. The van der Waals surface area contributed by atoms with Crippen molar-refractivity contribution in [3.05, 3.63) is 90.5 Å². The van der Waals surface area contributed by atoms with E-state index < -0.39 is 10.0 Å². The lowest BCUT2D eigenvalue weighted by molar-refractivity contribution is -0.120. The summed E-state index contributed by atoms with van der Waals surface area (Å²) in [5, 5.41) is 3.05. The van der Waals surface area contributed by atoms with Gasteiger partial charge in [-0.2, -0.15) is 0 Å². The second-order valence-electron chi connectivity index (χ2n) is 8.41. The van der Waals surface area contributed by atoms with Crippen LogP contribution >= 0.6 is 0 Å². The number of anilines is 1. The van der Waals surface area contributed by atoms with Crippen molar-refractivity contribution >= 4 is 21.6 Å². The van der Waals surface area contributed by atoms with Gasteiger partial charge < -0.3 is 10.1 Å². The van der Waals surface area contributed by atoms with Crippen LogP contribution in [-0.2, 0) is 14.8 Å². The summed E-state index contributed by atoms with van der Waals surface area (Å²) in [5.74, 6) is 0.609. The highest BCUT2D eigenvalue weighted by Crippen LogP contribution is 2.26. The van der Waals surface area contributed by atoms with Crippen LogP contribution < -0.4 is 14.4 Å². The fourth-order valence-corrected chi connectivity index (χ4v) is 5.16. The Balaban J connectivity index is 1.90. The van der Waals surface area contributed by atoms with Gasteiger partial charge in [0.2, 0.25) is 5.91 Å². The molecule has 1 N–H and O–H groups in total. The van der Waals surface area contributed by atoms with Gasteiger partial charge in [-0.3, -0.25) is 9.10 Å². The van der Waals surface area contributed by atoms with Crippen molar-refractivity contribution in [3.63, 3.8) is 0 Å². The van der Waals surface area contributed by atoms with Crippen LogP contribution in [0.5, 0.6) is 5.75 Å². The Hall–Kier alpha value is -3.32. The minimum absolute atomic E-state index is 0.124. The van der Waals surface area contributed by atoms with Crippen molar-refractivity contribution in [2.75, 3.05) is 17.5 Å². The van der Waals surface area contributed by atoms with E-state index in [9.17, 15) is 13.2 Å². The van der Waals surface area contributed by atoms with Gasteiger partial charge in [0.05, 0.1) is 23.2 Å². The molecule has 34 heavy (non-hydrogen) atoms. The summed E-state index contributed by atoms with van der Waals surface area (Å²) in [6.45, 7) is 6.23. The molecular weight excluding hydrogens is 448 g/mol. The normalized spacial score (nSPS) is 12.2. The van der Waals surface area contributed by atoms with E-state index >= 15 is 0 Å². The minimum Gasteiger partial charge on any atom is -0.494 e. The minimum atomic E-state index is -3.97. The first kappa shape index (κ1) is 25.3. The number of rotatable bonds is 11. The molecule has 3 aromatic carbocycles. The summed E-state index contributed by atoms with van der Waals surface area (Å²) in [5.41, 5.74) is 1.38. The number of hydrogen-bond donors (Lipinski definition) is 1. The number of sulfonamides is 1. The van der Waals surface area contributed by atoms with E-state index in [0.29, 0.717) is 24.0 Å². The number of carbonyl (C=O) groups is 1. The number of benzene rings is 3. The van der Waals surface area contributed by atoms with E-state index in [1.54, 1.807) is 42.5 Å². The van der Waals surface area contributed by atoms with Crippen molar-refractivity contribution in [2.45, 2.75) is 38.1 Å². The van der Waals surface area contributed by atoms with E-state index in [1.807, 2.05) is 37.3 Å². The Morgan fingerprint density at radius 2 is 1.50 bits per heavy atom. The first-order chi connectivity index (χ1) is 16.3. The topological polar surface area (TPSA) is 75.7 Å². The van der Waals surface area contributed by atoms with Gasteiger partial charge in [-0.05, 0) is 61.2 Å². The first-order valence-electron chi connectivity index (χ1n) is 11.5. The molecule has 0 spiro atoms. The van der Waals surface area contributed by atoms with E-state index in [4.69, 9.17) is 4.74 Å². The van der Waals surface area contributed by atoms with Crippen LogP contribution in [0.2, 0.25) is 0 Å². The number of nitrogens with zero attached hydrogens (tertiary/aromatic N) is 1. The predicted molar refractivity (Wildman–Crippen MR) is 135 cm³/mol. The Morgan fingerprint density at radius 1 is 0.912 bits per heavy atom.